The van der Waals surface area contributed by atoms with Gasteiger partial charge < -0.3 is 26.0 Å². The maximum Gasteiger partial charge on any atom is 0.341 e. The molecule has 0 radical (unpaired) electrons. The molecule has 166 valence electrons. The number of fused-ring (bicyclic) bond motifs is 1. The third-order valence-electron chi connectivity index (χ3n) is 6.82. The minimum absolute atomic E-state index is 0.0491. The summed E-state index contributed by atoms with van der Waals surface area (Å²) < 4.78 is 45.9. The summed E-state index contributed by atoms with van der Waals surface area (Å²) in [5.41, 5.74) is 8.79. The van der Waals surface area contributed by atoms with E-state index < -0.39 is 51.9 Å². The van der Waals surface area contributed by atoms with Gasteiger partial charge in [0.2, 0.25) is 5.43 Å². The van der Waals surface area contributed by atoms with Crippen molar-refractivity contribution >= 4 is 28.2 Å². The molecule has 3 fully saturated rings. The lowest BCUT2D eigenvalue weighted by Gasteiger charge is -2.24. The molecule has 0 unspecified atom stereocenters. The van der Waals surface area contributed by atoms with Crippen molar-refractivity contribution in [2.45, 2.75) is 49.9 Å². The summed E-state index contributed by atoms with van der Waals surface area (Å²) in [5, 5.41) is 8.78. The number of carboxylic acids is 1. The van der Waals surface area contributed by atoms with Crippen LogP contribution in [0.25, 0.3) is 10.9 Å². The zero-order valence-electron chi connectivity index (χ0n) is 16.7. The van der Waals surface area contributed by atoms with E-state index in [0.717, 1.165) is 36.4 Å². The Morgan fingerprint density at radius 1 is 1.29 bits per heavy atom. The van der Waals surface area contributed by atoms with E-state index in [1.54, 1.807) is 4.90 Å². The number of hydrogen-bond acceptors (Lipinski definition) is 5. The molecule has 3 atom stereocenters. The first-order valence-electron chi connectivity index (χ1n) is 10.4. The van der Waals surface area contributed by atoms with E-state index in [4.69, 9.17) is 11.5 Å². The Morgan fingerprint density at radius 3 is 2.55 bits per heavy atom. The third-order valence-corrected chi connectivity index (χ3v) is 6.82. The molecule has 1 aromatic heterocycles. The Bertz CT molecular complexity index is 1180. The summed E-state index contributed by atoms with van der Waals surface area (Å²) in [7, 11) is 0. The molecule has 1 saturated heterocycles. The molecular weight excluding hydrogens is 413 g/mol. The van der Waals surface area contributed by atoms with Crippen LogP contribution in [0.4, 0.5) is 24.5 Å². The highest BCUT2D eigenvalue weighted by Crippen LogP contribution is 2.45. The first kappa shape index (κ1) is 20.2. The molecule has 10 heteroatoms. The van der Waals surface area contributed by atoms with Gasteiger partial charge in [-0.2, -0.15) is 0 Å². The predicted molar refractivity (Wildman–Crippen MR) is 109 cm³/mol. The molecule has 5 N–H and O–H groups in total. The van der Waals surface area contributed by atoms with Crippen LogP contribution in [0.5, 0.6) is 0 Å². The van der Waals surface area contributed by atoms with Crippen molar-refractivity contribution in [1.82, 2.24) is 4.57 Å². The Hall–Kier alpha value is -2.75. The van der Waals surface area contributed by atoms with Crippen molar-refractivity contribution in [1.29, 1.82) is 0 Å². The summed E-state index contributed by atoms with van der Waals surface area (Å²) in [6.45, 7) is 0.788. The van der Waals surface area contributed by atoms with Crippen LogP contribution >= 0.6 is 0 Å². The second-order valence-corrected chi connectivity index (χ2v) is 9.18. The molecule has 1 aromatic carbocycles. The number of nitrogens with two attached hydrogens (primary N) is 2. The molecule has 0 bridgehead atoms. The number of aromatic carboxylic acids is 1. The van der Waals surface area contributed by atoms with E-state index in [0.29, 0.717) is 13.1 Å². The quantitative estimate of drug-likeness (QED) is 0.621. The van der Waals surface area contributed by atoms with Gasteiger partial charge >= 0.3 is 5.97 Å². The molecule has 0 amide bonds. The van der Waals surface area contributed by atoms with E-state index in [1.165, 1.54) is 0 Å². The number of benzene rings is 1. The number of carboxylic acid groups (broad SMARTS) is 1. The molecule has 2 aromatic rings. The van der Waals surface area contributed by atoms with E-state index >= 15 is 8.78 Å². The maximum absolute atomic E-state index is 15.7. The lowest BCUT2D eigenvalue weighted by atomic mass is 9.98. The zero-order chi connectivity index (χ0) is 22.2. The van der Waals surface area contributed by atoms with Gasteiger partial charge in [-0.25, -0.2) is 18.0 Å². The fourth-order valence-electron chi connectivity index (χ4n) is 4.83. The molecule has 5 rings (SSSR count). The average Bonchev–Trinajstić information content (AvgIpc) is 3.57. The Kier molecular flexibility index (Phi) is 4.31. The maximum atomic E-state index is 15.7. The first-order valence-corrected chi connectivity index (χ1v) is 10.4. The molecule has 0 spiro atoms. The highest BCUT2D eigenvalue weighted by Gasteiger charge is 2.43. The fourth-order valence-corrected chi connectivity index (χ4v) is 4.83. The lowest BCUT2D eigenvalue weighted by molar-refractivity contribution is 0.0694. The SMILES string of the molecule is Nc1c(F)c(N2CC[C@H](CC3(N)CC3)C2)c(F)c2c1c(=O)c(C(=O)O)cn2[C@@H]1C[C@H]1F. The molecule has 2 aliphatic carbocycles. The van der Waals surface area contributed by atoms with E-state index in [9.17, 15) is 19.1 Å². The number of halogens is 3. The minimum atomic E-state index is -1.57. The normalized spacial score (nSPS) is 26.5. The van der Waals surface area contributed by atoms with E-state index in [1.807, 2.05) is 0 Å². The summed E-state index contributed by atoms with van der Waals surface area (Å²) in [6.07, 6.45) is 3.05. The molecule has 2 saturated carbocycles. The van der Waals surface area contributed by atoms with E-state index in [-0.39, 0.29) is 29.1 Å². The number of anilines is 2. The highest BCUT2D eigenvalue weighted by molar-refractivity contribution is 5.99. The van der Waals surface area contributed by atoms with Gasteiger partial charge in [0, 0.05) is 31.2 Å². The summed E-state index contributed by atoms with van der Waals surface area (Å²) in [5.74, 6) is -3.51. The van der Waals surface area contributed by atoms with Crippen LogP contribution in [-0.4, -0.2) is 40.4 Å². The van der Waals surface area contributed by atoms with Crippen LogP contribution in [0.1, 0.15) is 48.5 Å². The van der Waals surface area contributed by atoms with E-state index in [2.05, 4.69) is 0 Å². The van der Waals surface area contributed by atoms with Crippen molar-refractivity contribution in [3.05, 3.63) is 33.6 Å². The van der Waals surface area contributed by atoms with Gasteiger partial charge in [0.05, 0.1) is 22.6 Å². The Morgan fingerprint density at radius 2 is 1.97 bits per heavy atom. The van der Waals surface area contributed by atoms with Crippen molar-refractivity contribution < 1.29 is 23.1 Å². The number of rotatable bonds is 5. The Balaban J connectivity index is 1.66. The number of nitrogen functional groups attached to an aromatic ring is 1. The fraction of sp³-hybridized carbons (Fsp3) is 0.524. The second kappa shape index (κ2) is 6.62. The van der Waals surface area contributed by atoms with Crippen LogP contribution < -0.4 is 21.8 Å². The van der Waals surface area contributed by atoms with Gasteiger partial charge in [-0.05, 0) is 31.6 Å². The van der Waals surface area contributed by atoms with Crippen LogP contribution in [0.2, 0.25) is 0 Å². The van der Waals surface area contributed by atoms with Crippen molar-refractivity contribution in [2.24, 2.45) is 11.7 Å². The van der Waals surface area contributed by atoms with Gasteiger partial charge in [0.15, 0.2) is 11.6 Å². The van der Waals surface area contributed by atoms with Crippen LogP contribution in [-0.2, 0) is 0 Å². The van der Waals surface area contributed by atoms with Gasteiger partial charge in [0.1, 0.15) is 17.4 Å². The topological polar surface area (TPSA) is 115 Å². The number of nitrogens with zero attached hydrogens (tertiary/aromatic N) is 2. The van der Waals surface area contributed by atoms with Gasteiger partial charge in [-0.1, -0.05) is 0 Å². The first-order chi connectivity index (χ1) is 14.6. The number of carbonyl (C=O) groups is 1. The second-order valence-electron chi connectivity index (χ2n) is 9.18. The van der Waals surface area contributed by atoms with Crippen LogP contribution in [0.15, 0.2) is 11.0 Å². The van der Waals surface area contributed by atoms with Crippen LogP contribution in [0, 0.1) is 17.6 Å². The van der Waals surface area contributed by atoms with Gasteiger partial charge in [0.25, 0.3) is 0 Å². The number of alkyl halides is 1. The number of pyridine rings is 1. The Labute approximate surface area is 175 Å². The average molecular weight is 436 g/mol. The summed E-state index contributed by atoms with van der Waals surface area (Å²) in [6, 6.07) is -0.827. The van der Waals surface area contributed by atoms with Crippen molar-refractivity contribution in [3.63, 3.8) is 0 Å². The highest BCUT2D eigenvalue weighted by atomic mass is 19.1. The molecule has 7 nitrogen and oxygen atoms in total. The largest absolute Gasteiger partial charge is 0.477 e. The zero-order valence-corrected chi connectivity index (χ0v) is 16.7. The number of aromatic nitrogens is 1. The molecule has 2 heterocycles. The third kappa shape index (κ3) is 3.15. The molecule has 3 aliphatic rings. The summed E-state index contributed by atoms with van der Waals surface area (Å²) >= 11 is 0. The smallest absolute Gasteiger partial charge is 0.341 e. The van der Waals surface area contributed by atoms with Crippen LogP contribution in [0.3, 0.4) is 0 Å². The molecule has 1 aliphatic heterocycles. The number of hydrogen-bond donors (Lipinski definition) is 3. The minimum Gasteiger partial charge on any atom is -0.477 e. The van der Waals surface area contributed by atoms with Gasteiger partial charge in [-0.3, -0.25) is 4.79 Å². The predicted octanol–water partition coefficient (Wildman–Crippen LogP) is 2.55. The molecule has 31 heavy (non-hydrogen) atoms. The lowest BCUT2D eigenvalue weighted by Crippen LogP contribution is -2.29. The van der Waals surface area contributed by atoms with Crippen molar-refractivity contribution in [3.8, 4) is 0 Å². The summed E-state index contributed by atoms with van der Waals surface area (Å²) in [4.78, 5) is 25.7. The van der Waals surface area contributed by atoms with Gasteiger partial charge in [-0.15, -0.1) is 0 Å². The molecular formula is C21H23F3N4O3. The monoisotopic (exact) mass is 436 g/mol. The standard InChI is InChI=1S/C21H23F3N4O3/c22-11-5-12(11)28-8-10(20(30)31)19(29)13-16(25)14(23)18(15(24)17(13)28)27-4-1-9(7-27)6-21(26)2-3-21/h8-9,11-12H,1-7,25-26H2,(H,30,31)/t9-,11-,12-/m1/s1. The van der Waals surface area contributed by atoms with Crippen molar-refractivity contribution in [2.75, 3.05) is 23.7 Å².